The minimum atomic E-state index is -5.61. The molecule has 1 unspecified atom stereocenters. The third-order valence-corrected chi connectivity index (χ3v) is 1.83. The maximum absolute atomic E-state index is 9.44. The first-order valence-corrected chi connectivity index (χ1v) is 4.43. The summed E-state index contributed by atoms with van der Waals surface area (Å²) in [6.07, 6.45) is 0. The van der Waals surface area contributed by atoms with Crippen molar-refractivity contribution in [3.8, 4) is 0 Å². The molecule has 1 radical (unpaired) electrons. The summed E-state index contributed by atoms with van der Waals surface area (Å²) in [7, 11) is -11.0. The van der Waals surface area contributed by atoms with E-state index < -0.39 is 15.6 Å². The molecule has 0 aliphatic carbocycles. The van der Waals surface area contributed by atoms with Crippen molar-refractivity contribution >= 4 is 15.6 Å². The van der Waals surface area contributed by atoms with Gasteiger partial charge in [0.2, 0.25) is 0 Å². The van der Waals surface area contributed by atoms with Crippen molar-refractivity contribution in [3.63, 3.8) is 0 Å². The average Bonchev–Trinajstić information content (AvgIpc) is 1.14. The summed E-state index contributed by atoms with van der Waals surface area (Å²) in [4.78, 5) is 35.7. The van der Waals surface area contributed by atoms with Gasteiger partial charge in [0.05, 0.1) is 7.82 Å². The summed E-state index contributed by atoms with van der Waals surface area (Å²) in [5, 5.41) is 0. The van der Waals surface area contributed by atoms with Gasteiger partial charge in [-0.2, -0.15) is 0 Å². The first kappa shape index (κ1) is 36.0. The van der Waals surface area contributed by atoms with Crippen LogP contribution in [0.3, 0.4) is 0 Å². The molecule has 0 aromatic rings. The van der Waals surface area contributed by atoms with E-state index in [2.05, 4.69) is 4.31 Å². The number of rotatable bonds is 2. The molecule has 0 aromatic carbocycles. The minimum Gasteiger partial charge on any atom is -0.790 e. The molecule has 0 saturated heterocycles. The van der Waals surface area contributed by atoms with Crippen LogP contribution in [0.2, 0.25) is 0 Å². The summed E-state index contributed by atoms with van der Waals surface area (Å²) in [6, 6.07) is 0. The SMILES string of the molecule is O.O.O.O=P([O-])([O-])OP(=O)([O-])O.[Cu+2].[K+]. The molecule has 1 atom stereocenters. The fourth-order valence-corrected chi connectivity index (χ4v) is 1.14. The number of phosphoric acid groups is 2. The standard InChI is InChI=1S/Cu.K.H4O7P2.3H2O/c;;1-8(2,3)7-9(4,5)6;;;/h;;(H2,1,2,3)(H2,4,5,6);3*1H2/q+2;+1;;;;/p-3. The van der Waals surface area contributed by atoms with Crippen LogP contribution < -0.4 is 66.1 Å². The zero-order chi connectivity index (χ0) is 7.71. The van der Waals surface area contributed by atoms with E-state index in [-0.39, 0.29) is 84.9 Å². The Bertz CT molecular complexity index is 159. The second-order valence-electron chi connectivity index (χ2n) is 0.997. The van der Waals surface area contributed by atoms with Crippen molar-refractivity contribution in [1.82, 2.24) is 0 Å². The molecule has 10 nitrogen and oxygen atoms in total. The van der Waals surface area contributed by atoms with Crippen molar-refractivity contribution in [2.75, 3.05) is 0 Å². The summed E-state index contributed by atoms with van der Waals surface area (Å²) in [6.45, 7) is 0. The third-order valence-electron chi connectivity index (χ3n) is 0.203. The molecule has 0 aliphatic heterocycles. The van der Waals surface area contributed by atoms with Gasteiger partial charge < -0.3 is 40.6 Å². The molecule has 0 rings (SSSR count). The molecule has 0 spiro atoms. The predicted molar refractivity (Wildman–Crippen MR) is 29.4 cm³/mol. The van der Waals surface area contributed by atoms with Crippen LogP contribution in [0.1, 0.15) is 0 Å². The van der Waals surface area contributed by atoms with Crippen LogP contribution in [0.15, 0.2) is 0 Å². The molecule has 0 fully saturated rings. The van der Waals surface area contributed by atoms with Crippen LogP contribution in [-0.2, 0) is 30.5 Å². The second-order valence-corrected chi connectivity index (χ2v) is 3.48. The normalized spacial score (nSPS) is 12.3. The Morgan fingerprint density at radius 2 is 1.21 bits per heavy atom. The Kier molecular flexibility index (Phi) is 34.3. The summed E-state index contributed by atoms with van der Waals surface area (Å²) in [5.41, 5.74) is 0. The zero-order valence-electron chi connectivity index (χ0n) is 6.59. The predicted octanol–water partition coefficient (Wildman–Crippen LogP) is -8.18. The van der Waals surface area contributed by atoms with Crippen molar-refractivity contribution in [1.29, 1.82) is 0 Å². The van der Waals surface area contributed by atoms with E-state index in [1.54, 1.807) is 0 Å². The van der Waals surface area contributed by atoms with Crippen molar-refractivity contribution in [2.24, 2.45) is 0 Å². The first-order valence-electron chi connectivity index (χ1n) is 1.48. The number of hydrogen-bond donors (Lipinski definition) is 1. The molecule has 0 amide bonds. The van der Waals surface area contributed by atoms with Gasteiger partial charge in [0.15, 0.2) is 0 Å². The Hall–Kier alpha value is 2.30. The maximum atomic E-state index is 9.44. The van der Waals surface area contributed by atoms with Crippen LogP contribution in [0.25, 0.3) is 0 Å². The van der Waals surface area contributed by atoms with Crippen LogP contribution in [0.5, 0.6) is 0 Å². The third kappa shape index (κ3) is 36.7. The molecule has 89 valence electrons. The molecule has 0 heterocycles. The van der Waals surface area contributed by atoms with Gasteiger partial charge in [-0.1, -0.05) is 0 Å². The van der Waals surface area contributed by atoms with Crippen molar-refractivity contribution in [3.05, 3.63) is 0 Å². The smallest absolute Gasteiger partial charge is 0.790 e. The fourth-order valence-electron chi connectivity index (χ4n) is 0.126. The molecule has 0 saturated carbocycles. The van der Waals surface area contributed by atoms with Gasteiger partial charge in [0.1, 0.15) is 0 Å². The molecule has 0 bridgehead atoms. The maximum Gasteiger partial charge on any atom is 2.00 e. The Morgan fingerprint density at radius 1 is 1.00 bits per heavy atom. The van der Waals surface area contributed by atoms with Crippen LogP contribution in [0, 0.1) is 0 Å². The molecular formula is H7CuKO10P2. The summed E-state index contributed by atoms with van der Waals surface area (Å²) in [5.74, 6) is 0. The molecule has 14 heavy (non-hydrogen) atoms. The van der Waals surface area contributed by atoms with Crippen molar-refractivity contribution < 1.29 is 118 Å². The van der Waals surface area contributed by atoms with Gasteiger partial charge in [-0.25, -0.2) is 0 Å². The van der Waals surface area contributed by atoms with Crippen LogP contribution >= 0.6 is 15.6 Å². The first-order chi connectivity index (χ1) is 3.71. The van der Waals surface area contributed by atoms with Crippen LogP contribution in [0.4, 0.5) is 0 Å². The molecule has 7 N–H and O–H groups in total. The Balaban J connectivity index is -0.0000000320. The van der Waals surface area contributed by atoms with Gasteiger partial charge in [0, 0.05) is 0 Å². The second kappa shape index (κ2) is 13.4. The molecule has 14 heteroatoms. The quantitative estimate of drug-likeness (QED) is 0.378. The molecular weight excluding hydrogens is 325 g/mol. The minimum absolute atomic E-state index is 0. The molecule has 0 aromatic heterocycles. The van der Waals surface area contributed by atoms with E-state index in [9.17, 15) is 23.8 Å². The zero-order valence-corrected chi connectivity index (χ0v) is 12.4. The Morgan fingerprint density at radius 3 is 1.21 bits per heavy atom. The Labute approximate surface area is 132 Å². The topological polar surface area (TPSA) is 227 Å². The van der Waals surface area contributed by atoms with Gasteiger partial charge in [-0.15, -0.1) is 0 Å². The number of hydrogen-bond acceptors (Lipinski definition) is 6. The largest absolute Gasteiger partial charge is 2.00 e. The summed E-state index contributed by atoms with van der Waals surface area (Å²) >= 11 is 0. The van der Waals surface area contributed by atoms with Crippen LogP contribution in [-0.4, -0.2) is 21.3 Å². The van der Waals surface area contributed by atoms with Gasteiger partial charge in [0.25, 0.3) is 7.82 Å². The summed E-state index contributed by atoms with van der Waals surface area (Å²) < 4.78 is 21.4. The molecule has 0 aliphatic rings. The van der Waals surface area contributed by atoms with Gasteiger partial charge in [-0.05, 0) is 0 Å². The monoisotopic (exact) mass is 331 g/mol. The van der Waals surface area contributed by atoms with Gasteiger partial charge >= 0.3 is 68.5 Å². The average molecular weight is 332 g/mol. The van der Waals surface area contributed by atoms with E-state index in [0.717, 1.165) is 0 Å². The fraction of sp³-hybridized carbons (Fsp3) is 0. The van der Waals surface area contributed by atoms with E-state index >= 15 is 0 Å². The van der Waals surface area contributed by atoms with E-state index in [1.165, 1.54) is 0 Å². The van der Waals surface area contributed by atoms with E-state index in [1.807, 2.05) is 0 Å². The van der Waals surface area contributed by atoms with E-state index in [4.69, 9.17) is 4.89 Å². The van der Waals surface area contributed by atoms with Crippen molar-refractivity contribution in [2.45, 2.75) is 0 Å². The van der Waals surface area contributed by atoms with Gasteiger partial charge in [-0.3, -0.25) is 8.88 Å². The van der Waals surface area contributed by atoms with E-state index in [0.29, 0.717) is 0 Å².